The fraction of sp³-hybridized carbons (Fsp3) is 0.731. The summed E-state index contributed by atoms with van der Waals surface area (Å²) in [5.41, 5.74) is 4.55. The Balaban J connectivity index is 1.62. The second kappa shape index (κ2) is 7.94. The van der Waals surface area contributed by atoms with Crippen molar-refractivity contribution in [1.82, 2.24) is 0 Å². The SMILES string of the molecule is CC(C)CC(=O)CCC1C[C@]2(C)CCC[C@H]2[C@@H]2CCc3cc(CO)ccc3[C@@H]12. The van der Waals surface area contributed by atoms with Crippen molar-refractivity contribution in [2.75, 3.05) is 0 Å². The van der Waals surface area contributed by atoms with Crippen LogP contribution in [0.25, 0.3) is 0 Å². The number of Topliss-reactive ketones (excluding diaryl/α,β-unsaturated/α-hetero) is 1. The zero-order chi connectivity index (χ0) is 19.9. The van der Waals surface area contributed by atoms with Gasteiger partial charge in [0.05, 0.1) is 6.61 Å². The molecule has 0 spiro atoms. The third kappa shape index (κ3) is 3.70. The molecule has 0 amide bonds. The van der Waals surface area contributed by atoms with Crippen molar-refractivity contribution in [2.24, 2.45) is 29.1 Å². The van der Waals surface area contributed by atoms with Gasteiger partial charge in [-0.1, -0.05) is 45.4 Å². The van der Waals surface area contributed by atoms with Crippen molar-refractivity contribution in [1.29, 1.82) is 0 Å². The fourth-order valence-corrected chi connectivity index (χ4v) is 7.24. The Hall–Kier alpha value is -1.15. The Morgan fingerprint density at radius 3 is 2.86 bits per heavy atom. The average Bonchev–Trinajstić information content (AvgIpc) is 3.06. The van der Waals surface area contributed by atoms with E-state index in [-0.39, 0.29) is 6.61 Å². The van der Waals surface area contributed by atoms with E-state index in [0.29, 0.717) is 29.0 Å². The van der Waals surface area contributed by atoms with Crippen molar-refractivity contribution in [3.05, 3.63) is 34.9 Å². The molecule has 3 aliphatic rings. The normalized spacial score (nSPS) is 34.0. The van der Waals surface area contributed by atoms with E-state index in [1.165, 1.54) is 37.7 Å². The van der Waals surface area contributed by atoms with Crippen molar-refractivity contribution < 1.29 is 9.90 Å². The highest BCUT2D eigenvalue weighted by molar-refractivity contribution is 5.78. The molecule has 0 aromatic heterocycles. The van der Waals surface area contributed by atoms with Crippen LogP contribution in [-0.4, -0.2) is 10.9 Å². The predicted molar refractivity (Wildman–Crippen MR) is 114 cm³/mol. The second-order valence-corrected chi connectivity index (χ2v) is 10.7. The van der Waals surface area contributed by atoms with Crippen molar-refractivity contribution >= 4 is 5.78 Å². The maximum Gasteiger partial charge on any atom is 0.133 e. The van der Waals surface area contributed by atoms with Crippen LogP contribution in [0.1, 0.15) is 94.7 Å². The number of rotatable bonds is 6. The van der Waals surface area contributed by atoms with Gasteiger partial charge >= 0.3 is 0 Å². The summed E-state index contributed by atoms with van der Waals surface area (Å²) < 4.78 is 0. The first-order valence-electron chi connectivity index (χ1n) is 11.7. The van der Waals surface area contributed by atoms with E-state index in [1.807, 2.05) is 0 Å². The Labute approximate surface area is 171 Å². The van der Waals surface area contributed by atoms with Crippen molar-refractivity contribution in [3.8, 4) is 0 Å². The number of carbonyl (C=O) groups excluding carboxylic acids is 1. The number of carbonyl (C=O) groups is 1. The van der Waals surface area contributed by atoms with Crippen LogP contribution >= 0.6 is 0 Å². The third-order valence-corrected chi connectivity index (χ3v) is 8.30. The van der Waals surface area contributed by atoms with Crippen LogP contribution in [-0.2, 0) is 17.8 Å². The van der Waals surface area contributed by atoms with Gasteiger partial charge in [-0.05, 0) is 90.2 Å². The zero-order valence-electron chi connectivity index (χ0n) is 18.0. The summed E-state index contributed by atoms with van der Waals surface area (Å²) in [4.78, 5) is 12.5. The summed E-state index contributed by atoms with van der Waals surface area (Å²) in [6.07, 6.45) is 10.5. The van der Waals surface area contributed by atoms with Gasteiger partial charge in [-0.15, -0.1) is 0 Å². The fourth-order valence-electron chi connectivity index (χ4n) is 7.24. The van der Waals surface area contributed by atoms with E-state index in [1.54, 1.807) is 5.56 Å². The third-order valence-electron chi connectivity index (χ3n) is 8.30. The van der Waals surface area contributed by atoms with E-state index in [9.17, 15) is 9.90 Å². The summed E-state index contributed by atoms with van der Waals surface area (Å²) >= 11 is 0. The maximum atomic E-state index is 12.5. The summed E-state index contributed by atoms with van der Waals surface area (Å²) in [5.74, 6) is 3.84. The van der Waals surface area contributed by atoms with Gasteiger partial charge in [0.15, 0.2) is 0 Å². The zero-order valence-corrected chi connectivity index (χ0v) is 18.0. The highest BCUT2D eigenvalue weighted by Gasteiger charge is 2.53. The Morgan fingerprint density at radius 2 is 2.11 bits per heavy atom. The molecule has 0 aliphatic heterocycles. The largest absolute Gasteiger partial charge is 0.392 e. The molecular formula is C26H38O2. The van der Waals surface area contributed by atoms with Crippen LogP contribution < -0.4 is 0 Å². The molecule has 1 unspecified atom stereocenters. The minimum atomic E-state index is 0.134. The molecule has 4 rings (SSSR count). The van der Waals surface area contributed by atoms with Gasteiger partial charge in [0.2, 0.25) is 0 Å². The molecule has 0 saturated heterocycles. The van der Waals surface area contributed by atoms with Crippen molar-refractivity contribution in [3.63, 3.8) is 0 Å². The topological polar surface area (TPSA) is 37.3 Å². The molecule has 0 heterocycles. The van der Waals surface area contributed by atoms with Crippen LogP contribution in [0.15, 0.2) is 18.2 Å². The molecule has 2 nitrogen and oxygen atoms in total. The molecule has 5 atom stereocenters. The van der Waals surface area contributed by atoms with Crippen LogP contribution in [0.4, 0.5) is 0 Å². The maximum absolute atomic E-state index is 12.5. The van der Waals surface area contributed by atoms with Crippen molar-refractivity contribution in [2.45, 2.75) is 91.1 Å². The Kier molecular flexibility index (Phi) is 5.71. The molecule has 1 N–H and O–H groups in total. The number of hydrogen-bond acceptors (Lipinski definition) is 2. The average molecular weight is 383 g/mol. The minimum Gasteiger partial charge on any atom is -0.392 e. The number of benzene rings is 1. The summed E-state index contributed by atoms with van der Waals surface area (Å²) in [5, 5.41) is 9.56. The number of aryl methyl sites for hydroxylation is 1. The van der Waals surface area contributed by atoms with Gasteiger partial charge in [0.25, 0.3) is 0 Å². The van der Waals surface area contributed by atoms with Crippen LogP contribution in [0.2, 0.25) is 0 Å². The number of ketones is 1. The van der Waals surface area contributed by atoms with Gasteiger partial charge < -0.3 is 5.11 Å². The van der Waals surface area contributed by atoms with E-state index >= 15 is 0 Å². The lowest BCUT2D eigenvalue weighted by atomic mass is 9.51. The number of fused-ring (bicyclic) bond motifs is 5. The first-order chi connectivity index (χ1) is 13.4. The number of aliphatic hydroxyl groups is 1. The lowest BCUT2D eigenvalue weighted by Gasteiger charge is -2.53. The monoisotopic (exact) mass is 382 g/mol. The van der Waals surface area contributed by atoms with Gasteiger partial charge in [-0.2, -0.15) is 0 Å². The molecule has 1 aromatic carbocycles. The van der Waals surface area contributed by atoms with Crippen LogP contribution in [0.3, 0.4) is 0 Å². The summed E-state index contributed by atoms with van der Waals surface area (Å²) in [7, 11) is 0. The van der Waals surface area contributed by atoms with Gasteiger partial charge in [0.1, 0.15) is 5.78 Å². The van der Waals surface area contributed by atoms with Crippen LogP contribution in [0.5, 0.6) is 0 Å². The Morgan fingerprint density at radius 1 is 1.29 bits per heavy atom. The summed E-state index contributed by atoms with van der Waals surface area (Å²) in [6.45, 7) is 6.98. The van der Waals surface area contributed by atoms with Gasteiger partial charge in [0, 0.05) is 12.8 Å². The second-order valence-electron chi connectivity index (χ2n) is 10.7. The molecule has 2 saturated carbocycles. The number of hydrogen-bond donors (Lipinski definition) is 1. The number of aliphatic hydroxyl groups excluding tert-OH is 1. The first-order valence-corrected chi connectivity index (χ1v) is 11.7. The minimum absolute atomic E-state index is 0.134. The quantitative estimate of drug-likeness (QED) is 0.650. The lowest BCUT2D eigenvalue weighted by molar-refractivity contribution is -0.120. The molecule has 3 aliphatic carbocycles. The molecule has 0 radical (unpaired) electrons. The molecule has 0 bridgehead atoms. The molecule has 28 heavy (non-hydrogen) atoms. The van der Waals surface area contributed by atoms with E-state index < -0.39 is 0 Å². The summed E-state index contributed by atoms with van der Waals surface area (Å²) in [6, 6.07) is 6.69. The first kappa shape index (κ1) is 20.1. The molecule has 2 fully saturated rings. The van der Waals surface area contributed by atoms with E-state index in [2.05, 4.69) is 39.0 Å². The molecule has 2 heteroatoms. The highest BCUT2D eigenvalue weighted by atomic mass is 16.3. The highest BCUT2D eigenvalue weighted by Crippen LogP contribution is 2.63. The Bertz CT molecular complexity index is 721. The van der Waals surface area contributed by atoms with E-state index in [4.69, 9.17) is 0 Å². The molecule has 1 aromatic rings. The molecular weight excluding hydrogens is 344 g/mol. The molecule has 154 valence electrons. The smallest absolute Gasteiger partial charge is 0.133 e. The van der Waals surface area contributed by atoms with E-state index in [0.717, 1.165) is 43.1 Å². The van der Waals surface area contributed by atoms with Crippen LogP contribution in [0, 0.1) is 29.1 Å². The standard InChI is InChI=1S/C26H38O2/c1-17(2)13-21(28)9-7-20-15-26(3)12-4-5-24(26)23-11-8-19-14-18(16-27)6-10-22(19)25(20)23/h6,10,14,17,20,23-25,27H,4-5,7-9,11-13,15-16H2,1-3H3/t20?,23-,24-,25+,26-/m0/s1. The van der Waals surface area contributed by atoms with Gasteiger partial charge in [-0.3, -0.25) is 4.79 Å². The lowest BCUT2D eigenvalue weighted by Crippen LogP contribution is -2.44. The predicted octanol–water partition coefficient (Wildman–Crippen LogP) is 6.05. The van der Waals surface area contributed by atoms with Gasteiger partial charge in [-0.25, -0.2) is 0 Å².